The molecular formula is C65H102O6. The average molecular weight is 980 g/mol. The Kier molecular flexibility index (Phi) is 54.0. The van der Waals surface area contributed by atoms with Gasteiger partial charge < -0.3 is 14.2 Å². The zero-order chi connectivity index (χ0) is 51.4. The summed E-state index contributed by atoms with van der Waals surface area (Å²) in [6.45, 7) is 6.30. The minimum absolute atomic E-state index is 0.118. The van der Waals surface area contributed by atoms with Crippen molar-refractivity contribution < 1.29 is 28.6 Å². The van der Waals surface area contributed by atoms with E-state index in [0.29, 0.717) is 19.3 Å². The van der Waals surface area contributed by atoms with E-state index in [1.807, 2.05) is 12.2 Å². The summed E-state index contributed by atoms with van der Waals surface area (Å²) >= 11 is 0. The number of ether oxygens (including phenoxy) is 3. The first kappa shape index (κ1) is 66.3. The Balaban J connectivity index is 4.39. The maximum atomic E-state index is 12.8. The molecule has 0 heterocycles. The van der Waals surface area contributed by atoms with E-state index >= 15 is 0 Å². The van der Waals surface area contributed by atoms with Gasteiger partial charge >= 0.3 is 17.9 Å². The molecule has 6 heteroatoms. The summed E-state index contributed by atoms with van der Waals surface area (Å²) in [5, 5.41) is 0. The topological polar surface area (TPSA) is 78.9 Å². The van der Waals surface area contributed by atoms with Crippen molar-refractivity contribution in [2.45, 2.75) is 232 Å². The van der Waals surface area contributed by atoms with E-state index in [2.05, 4.69) is 154 Å². The number of carbonyl (C=O) groups excluding carboxylic acids is 3. The highest BCUT2D eigenvalue weighted by Crippen LogP contribution is 2.13. The molecule has 6 nitrogen and oxygen atoms in total. The molecule has 0 saturated carbocycles. The molecule has 0 amide bonds. The maximum Gasteiger partial charge on any atom is 0.306 e. The highest BCUT2D eigenvalue weighted by atomic mass is 16.6. The fraction of sp³-hybridized carbons (Fsp3) is 0.585. The van der Waals surface area contributed by atoms with Gasteiger partial charge in [0.1, 0.15) is 13.2 Å². The van der Waals surface area contributed by atoms with Crippen molar-refractivity contribution in [3.8, 4) is 0 Å². The monoisotopic (exact) mass is 979 g/mol. The van der Waals surface area contributed by atoms with E-state index in [4.69, 9.17) is 14.2 Å². The van der Waals surface area contributed by atoms with Crippen LogP contribution in [0.4, 0.5) is 0 Å². The van der Waals surface area contributed by atoms with Crippen LogP contribution in [0.15, 0.2) is 146 Å². The van der Waals surface area contributed by atoms with E-state index < -0.39 is 12.1 Å². The van der Waals surface area contributed by atoms with E-state index in [0.717, 1.165) is 128 Å². The van der Waals surface area contributed by atoms with E-state index in [-0.39, 0.29) is 31.6 Å². The standard InChI is InChI=1S/C65H102O6/c1-4-7-10-13-16-19-22-24-25-26-27-28-29-30-31-32-33-34-35-36-37-38-39-41-43-46-49-52-55-58-64(67)70-61-62(60-69-63(66)57-54-51-48-45-42-21-18-15-12-9-6-3)71-65(68)59-56-53-50-47-44-40-23-20-17-14-11-8-5-2/h7-8,10-11,16-17,19-20,24-25,27-28,30-31,33-34,36-37,39-41,44,50,53,62H,4-6,9,12-15,18,21-23,26,29,32,35,38,42-43,45-49,51-52,54-61H2,1-3H3/b10-7-,11-8-,19-16-,20-17-,25-24-,28-27-,31-30-,34-33-,37-36-,41-39-,44-40-,53-50-. The summed E-state index contributed by atoms with van der Waals surface area (Å²) in [5.74, 6) is -1.04. The van der Waals surface area contributed by atoms with Crippen molar-refractivity contribution in [3.05, 3.63) is 146 Å². The van der Waals surface area contributed by atoms with Crippen LogP contribution in [0.3, 0.4) is 0 Å². The quantitative estimate of drug-likeness (QED) is 0.0262. The van der Waals surface area contributed by atoms with Crippen molar-refractivity contribution in [3.63, 3.8) is 0 Å². The highest BCUT2D eigenvalue weighted by molar-refractivity contribution is 5.71. The first-order chi connectivity index (χ1) is 35.0. The Morgan fingerprint density at radius 2 is 0.577 bits per heavy atom. The van der Waals surface area contributed by atoms with Gasteiger partial charge in [0.25, 0.3) is 0 Å². The fourth-order valence-electron chi connectivity index (χ4n) is 7.18. The lowest BCUT2D eigenvalue weighted by Gasteiger charge is -2.18. The van der Waals surface area contributed by atoms with Gasteiger partial charge in [0.05, 0.1) is 0 Å². The molecule has 1 atom stereocenters. The molecule has 1 unspecified atom stereocenters. The van der Waals surface area contributed by atoms with Crippen molar-refractivity contribution >= 4 is 17.9 Å². The van der Waals surface area contributed by atoms with E-state index in [1.165, 1.54) is 51.4 Å². The summed E-state index contributed by atoms with van der Waals surface area (Å²) in [7, 11) is 0. The van der Waals surface area contributed by atoms with Gasteiger partial charge in [0, 0.05) is 19.3 Å². The van der Waals surface area contributed by atoms with Crippen molar-refractivity contribution in [2.24, 2.45) is 0 Å². The SMILES string of the molecule is CC/C=C\C/C=C\C/C=C\C/C=C\C/C=C\C/C=C\C/C=C\C/C=C\CCCCCCC(=O)OCC(COC(=O)CCCCCCCCCCCCC)OC(=O)CC/C=C\C/C=C\C/C=C\C/C=C\CC. The number of hydrogen-bond acceptors (Lipinski definition) is 6. The molecule has 0 aromatic heterocycles. The Morgan fingerprint density at radius 1 is 0.296 bits per heavy atom. The normalized spacial score (nSPS) is 13.2. The molecule has 0 spiro atoms. The summed E-state index contributed by atoms with van der Waals surface area (Å²) < 4.78 is 16.7. The minimum Gasteiger partial charge on any atom is -0.462 e. The van der Waals surface area contributed by atoms with Crippen molar-refractivity contribution in [1.82, 2.24) is 0 Å². The minimum atomic E-state index is -0.830. The smallest absolute Gasteiger partial charge is 0.306 e. The first-order valence-electron chi connectivity index (χ1n) is 28.3. The molecule has 0 aliphatic heterocycles. The zero-order valence-corrected chi connectivity index (χ0v) is 45.4. The second-order valence-corrected chi connectivity index (χ2v) is 18.1. The molecule has 0 aromatic rings. The number of allylic oxidation sites excluding steroid dienone is 24. The van der Waals surface area contributed by atoms with Crippen LogP contribution in [0.5, 0.6) is 0 Å². The van der Waals surface area contributed by atoms with Crippen LogP contribution < -0.4 is 0 Å². The van der Waals surface area contributed by atoms with Gasteiger partial charge in [-0.15, -0.1) is 0 Å². The molecule has 398 valence electrons. The van der Waals surface area contributed by atoms with Gasteiger partial charge in [-0.1, -0.05) is 244 Å². The number of carbonyl (C=O) groups is 3. The molecule has 0 bridgehead atoms. The van der Waals surface area contributed by atoms with Gasteiger partial charge in [0.15, 0.2) is 6.10 Å². The Hall–Kier alpha value is -4.71. The third-order valence-electron chi connectivity index (χ3n) is 11.4. The van der Waals surface area contributed by atoms with Gasteiger partial charge in [-0.2, -0.15) is 0 Å². The lowest BCUT2D eigenvalue weighted by molar-refractivity contribution is -0.166. The molecule has 0 aliphatic rings. The number of rotatable bonds is 49. The van der Waals surface area contributed by atoms with Crippen LogP contribution in [0.2, 0.25) is 0 Å². The number of unbranched alkanes of at least 4 members (excludes halogenated alkanes) is 14. The van der Waals surface area contributed by atoms with Gasteiger partial charge in [-0.05, 0) is 109 Å². The van der Waals surface area contributed by atoms with Crippen molar-refractivity contribution in [1.29, 1.82) is 0 Å². The summed E-state index contributed by atoms with van der Waals surface area (Å²) in [5.41, 5.74) is 0. The summed E-state index contributed by atoms with van der Waals surface area (Å²) in [4.78, 5) is 38.0. The van der Waals surface area contributed by atoms with Gasteiger partial charge in [-0.3, -0.25) is 14.4 Å². The first-order valence-corrected chi connectivity index (χ1v) is 28.3. The van der Waals surface area contributed by atoms with Gasteiger partial charge in [-0.25, -0.2) is 0 Å². The largest absolute Gasteiger partial charge is 0.462 e. The third kappa shape index (κ3) is 56.1. The fourth-order valence-corrected chi connectivity index (χ4v) is 7.18. The molecule has 0 rings (SSSR count). The lowest BCUT2D eigenvalue weighted by Crippen LogP contribution is -2.30. The van der Waals surface area contributed by atoms with E-state index in [1.54, 1.807) is 0 Å². The Bertz CT molecular complexity index is 1590. The predicted molar refractivity (Wildman–Crippen MR) is 306 cm³/mol. The number of hydrogen-bond donors (Lipinski definition) is 0. The Morgan fingerprint density at radius 3 is 0.915 bits per heavy atom. The maximum absolute atomic E-state index is 12.8. The van der Waals surface area contributed by atoms with E-state index in [9.17, 15) is 14.4 Å². The Labute approximate surface area is 436 Å². The molecule has 0 saturated heterocycles. The molecular weight excluding hydrogens is 877 g/mol. The third-order valence-corrected chi connectivity index (χ3v) is 11.4. The van der Waals surface area contributed by atoms with Crippen LogP contribution in [0.1, 0.15) is 226 Å². The van der Waals surface area contributed by atoms with Crippen LogP contribution in [0, 0.1) is 0 Å². The van der Waals surface area contributed by atoms with Crippen LogP contribution in [-0.4, -0.2) is 37.2 Å². The van der Waals surface area contributed by atoms with Crippen LogP contribution in [0.25, 0.3) is 0 Å². The lowest BCUT2D eigenvalue weighted by atomic mass is 10.1. The molecule has 0 radical (unpaired) electrons. The molecule has 0 N–H and O–H groups in total. The average Bonchev–Trinajstić information content (AvgIpc) is 3.37. The molecule has 0 fully saturated rings. The number of esters is 3. The second-order valence-electron chi connectivity index (χ2n) is 18.1. The zero-order valence-electron chi connectivity index (χ0n) is 45.4. The van der Waals surface area contributed by atoms with Crippen LogP contribution >= 0.6 is 0 Å². The van der Waals surface area contributed by atoms with Gasteiger partial charge in [0.2, 0.25) is 0 Å². The van der Waals surface area contributed by atoms with Crippen molar-refractivity contribution in [2.75, 3.05) is 13.2 Å². The highest BCUT2D eigenvalue weighted by Gasteiger charge is 2.19. The summed E-state index contributed by atoms with van der Waals surface area (Å²) in [6, 6.07) is 0. The molecule has 0 aromatic carbocycles. The molecule has 71 heavy (non-hydrogen) atoms. The van der Waals surface area contributed by atoms with Crippen LogP contribution in [-0.2, 0) is 28.6 Å². The molecule has 0 aliphatic carbocycles. The summed E-state index contributed by atoms with van der Waals surface area (Å²) in [6.07, 6.45) is 82.9. The predicted octanol–water partition coefficient (Wildman–Crippen LogP) is 19.2. The second kappa shape index (κ2) is 57.9.